The van der Waals surface area contributed by atoms with Crippen LogP contribution >= 0.6 is 23.4 Å². The summed E-state index contributed by atoms with van der Waals surface area (Å²) in [5, 5.41) is 12.0. The Morgan fingerprint density at radius 2 is 2.16 bits per heavy atom. The molecule has 0 aliphatic rings. The third-order valence-corrected chi connectivity index (χ3v) is 3.54. The summed E-state index contributed by atoms with van der Waals surface area (Å²) in [6.45, 7) is 1.78. The normalized spacial score (nSPS) is 11.9. The number of carbonyl (C=O) groups is 2. The Labute approximate surface area is 121 Å². The Hall–Kier alpha value is -1.20. The Morgan fingerprint density at radius 1 is 1.47 bits per heavy atom. The molecule has 0 aliphatic heterocycles. The van der Waals surface area contributed by atoms with E-state index in [1.165, 1.54) is 0 Å². The molecule has 1 aromatic carbocycles. The summed E-state index contributed by atoms with van der Waals surface area (Å²) in [6.07, 6.45) is 2.28. The lowest BCUT2D eigenvalue weighted by Crippen LogP contribution is -2.41. The third kappa shape index (κ3) is 4.76. The number of carboxylic acid groups (broad SMARTS) is 1. The molecule has 0 aliphatic carbocycles. The zero-order chi connectivity index (χ0) is 14.4. The van der Waals surface area contributed by atoms with E-state index in [2.05, 4.69) is 5.32 Å². The fourth-order valence-corrected chi connectivity index (χ4v) is 2.21. The van der Waals surface area contributed by atoms with Gasteiger partial charge >= 0.3 is 5.97 Å². The van der Waals surface area contributed by atoms with Gasteiger partial charge in [0, 0.05) is 10.6 Å². The van der Waals surface area contributed by atoms with Crippen molar-refractivity contribution in [2.45, 2.75) is 19.4 Å². The minimum atomic E-state index is -1.03. The number of aliphatic carboxylic acids is 1. The molecule has 0 radical (unpaired) electrons. The van der Waals surface area contributed by atoms with Crippen LogP contribution in [0.15, 0.2) is 18.2 Å². The molecule has 0 saturated heterocycles. The van der Waals surface area contributed by atoms with Crippen LogP contribution in [-0.2, 0) is 4.79 Å². The number of amides is 1. The topological polar surface area (TPSA) is 66.4 Å². The molecule has 104 valence electrons. The van der Waals surface area contributed by atoms with Crippen molar-refractivity contribution in [3.8, 4) is 0 Å². The van der Waals surface area contributed by atoms with Crippen LogP contribution in [0.4, 0.5) is 0 Å². The second kappa shape index (κ2) is 7.40. The highest BCUT2D eigenvalue weighted by atomic mass is 35.5. The second-order valence-corrected chi connectivity index (χ2v) is 5.53. The predicted molar refractivity (Wildman–Crippen MR) is 78.1 cm³/mol. The number of nitrogens with one attached hydrogen (secondary N) is 1. The number of rotatable bonds is 6. The molecule has 0 fully saturated rings. The highest BCUT2D eigenvalue weighted by molar-refractivity contribution is 7.98. The van der Waals surface area contributed by atoms with E-state index in [4.69, 9.17) is 16.7 Å². The number of benzene rings is 1. The van der Waals surface area contributed by atoms with Gasteiger partial charge in [0.15, 0.2) is 0 Å². The average molecular weight is 302 g/mol. The number of hydrogen-bond acceptors (Lipinski definition) is 3. The van der Waals surface area contributed by atoms with Gasteiger partial charge < -0.3 is 10.4 Å². The van der Waals surface area contributed by atoms with Gasteiger partial charge in [-0.1, -0.05) is 17.7 Å². The summed E-state index contributed by atoms with van der Waals surface area (Å²) in [4.78, 5) is 23.1. The molecule has 1 amide bonds. The first-order valence-corrected chi connectivity index (χ1v) is 7.51. The van der Waals surface area contributed by atoms with Gasteiger partial charge in [0.2, 0.25) is 0 Å². The van der Waals surface area contributed by atoms with Crippen LogP contribution in [0, 0.1) is 6.92 Å². The molecule has 19 heavy (non-hydrogen) atoms. The van der Waals surface area contributed by atoms with Gasteiger partial charge in [0.05, 0.1) is 0 Å². The van der Waals surface area contributed by atoms with E-state index in [0.29, 0.717) is 22.8 Å². The van der Waals surface area contributed by atoms with Gasteiger partial charge in [-0.25, -0.2) is 4.79 Å². The van der Waals surface area contributed by atoms with Crippen LogP contribution in [-0.4, -0.2) is 35.0 Å². The molecule has 0 aromatic heterocycles. The number of carbonyl (C=O) groups excluding carboxylic acids is 1. The predicted octanol–water partition coefficient (Wildman–Crippen LogP) is 2.58. The molecule has 1 aromatic rings. The molecule has 1 atom stereocenters. The van der Waals surface area contributed by atoms with E-state index in [0.717, 1.165) is 5.56 Å². The van der Waals surface area contributed by atoms with Gasteiger partial charge in [-0.15, -0.1) is 0 Å². The lowest BCUT2D eigenvalue weighted by molar-refractivity contribution is -0.139. The van der Waals surface area contributed by atoms with Gasteiger partial charge in [0.25, 0.3) is 5.91 Å². The number of halogens is 1. The van der Waals surface area contributed by atoms with Crippen molar-refractivity contribution in [3.05, 3.63) is 34.3 Å². The van der Waals surface area contributed by atoms with E-state index in [9.17, 15) is 9.59 Å². The smallest absolute Gasteiger partial charge is 0.326 e. The number of hydrogen-bond donors (Lipinski definition) is 2. The Morgan fingerprint density at radius 3 is 2.74 bits per heavy atom. The van der Waals surface area contributed by atoms with Gasteiger partial charge in [-0.05, 0) is 43.0 Å². The molecule has 6 heteroatoms. The van der Waals surface area contributed by atoms with Crippen molar-refractivity contribution in [2.75, 3.05) is 12.0 Å². The average Bonchev–Trinajstić information content (AvgIpc) is 2.36. The van der Waals surface area contributed by atoms with Crippen LogP contribution < -0.4 is 5.32 Å². The second-order valence-electron chi connectivity index (χ2n) is 4.11. The minimum Gasteiger partial charge on any atom is -0.480 e. The van der Waals surface area contributed by atoms with E-state index in [-0.39, 0.29) is 0 Å². The first-order valence-electron chi connectivity index (χ1n) is 5.74. The lowest BCUT2D eigenvalue weighted by Gasteiger charge is -2.15. The van der Waals surface area contributed by atoms with Gasteiger partial charge in [-0.3, -0.25) is 4.79 Å². The molecular formula is C13H16ClNO3S. The molecule has 4 nitrogen and oxygen atoms in total. The fraction of sp³-hybridized carbons (Fsp3) is 0.385. The van der Waals surface area contributed by atoms with Crippen molar-refractivity contribution in [1.82, 2.24) is 5.32 Å². The molecule has 0 saturated carbocycles. The number of carboxylic acids is 1. The maximum absolute atomic E-state index is 12.1. The first kappa shape index (κ1) is 15.9. The summed E-state index contributed by atoms with van der Waals surface area (Å²) in [6, 6.07) is 4.09. The zero-order valence-electron chi connectivity index (χ0n) is 10.8. The summed E-state index contributed by atoms with van der Waals surface area (Å²) < 4.78 is 0. The number of aryl methyl sites for hydroxylation is 1. The maximum atomic E-state index is 12.1. The molecule has 0 unspecified atom stereocenters. The molecule has 0 heterocycles. The standard InChI is InChI=1S/C13H16ClNO3S/c1-8-3-4-9(14)7-10(8)12(16)15-11(13(17)18)5-6-19-2/h3-4,7,11H,5-6H2,1-2H3,(H,15,16)(H,17,18)/t11-/m0/s1. The van der Waals surface area contributed by atoms with Crippen molar-refractivity contribution in [1.29, 1.82) is 0 Å². The van der Waals surface area contributed by atoms with Crippen LogP contribution in [0.25, 0.3) is 0 Å². The highest BCUT2D eigenvalue weighted by Gasteiger charge is 2.21. The molecule has 2 N–H and O–H groups in total. The summed E-state index contributed by atoms with van der Waals surface area (Å²) in [7, 11) is 0. The Kier molecular flexibility index (Phi) is 6.18. The van der Waals surface area contributed by atoms with Gasteiger partial charge in [0.1, 0.15) is 6.04 Å². The summed E-state index contributed by atoms with van der Waals surface area (Å²) >= 11 is 7.38. The van der Waals surface area contributed by atoms with Crippen molar-refractivity contribution in [3.63, 3.8) is 0 Å². The lowest BCUT2D eigenvalue weighted by atomic mass is 10.1. The quantitative estimate of drug-likeness (QED) is 0.847. The van der Waals surface area contributed by atoms with Crippen LogP contribution in [0.3, 0.4) is 0 Å². The summed E-state index contributed by atoms with van der Waals surface area (Å²) in [5.74, 6) is -0.762. The number of thioether (sulfide) groups is 1. The molecular weight excluding hydrogens is 286 g/mol. The van der Waals surface area contributed by atoms with Crippen molar-refractivity contribution < 1.29 is 14.7 Å². The fourth-order valence-electron chi connectivity index (χ4n) is 1.57. The first-order chi connectivity index (χ1) is 8.95. The Bertz CT molecular complexity index is 479. The van der Waals surface area contributed by atoms with Crippen LogP contribution in [0.2, 0.25) is 5.02 Å². The minimum absolute atomic E-state index is 0.391. The SMILES string of the molecule is CSCC[C@H](NC(=O)c1cc(Cl)ccc1C)C(=O)O. The maximum Gasteiger partial charge on any atom is 0.326 e. The third-order valence-electron chi connectivity index (χ3n) is 2.66. The van der Waals surface area contributed by atoms with E-state index < -0.39 is 17.9 Å². The zero-order valence-corrected chi connectivity index (χ0v) is 12.3. The molecule has 1 rings (SSSR count). The van der Waals surface area contributed by atoms with Crippen LogP contribution in [0.1, 0.15) is 22.3 Å². The Balaban J connectivity index is 2.81. The van der Waals surface area contributed by atoms with Crippen molar-refractivity contribution >= 4 is 35.2 Å². The van der Waals surface area contributed by atoms with Crippen LogP contribution in [0.5, 0.6) is 0 Å². The summed E-state index contributed by atoms with van der Waals surface area (Å²) in [5.41, 5.74) is 1.17. The molecule has 0 spiro atoms. The monoisotopic (exact) mass is 301 g/mol. The van der Waals surface area contributed by atoms with Gasteiger partial charge in [-0.2, -0.15) is 11.8 Å². The van der Waals surface area contributed by atoms with E-state index in [1.807, 2.05) is 6.26 Å². The highest BCUT2D eigenvalue weighted by Crippen LogP contribution is 2.15. The van der Waals surface area contributed by atoms with E-state index in [1.54, 1.807) is 36.9 Å². The van der Waals surface area contributed by atoms with E-state index >= 15 is 0 Å². The molecule has 0 bridgehead atoms. The largest absolute Gasteiger partial charge is 0.480 e. The van der Waals surface area contributed by atoms with Crippen molar-refractivity contribution in [2.24, 2.45) is 0 Å².